The van der Waals surface area contributed by atoms with Crippen LogP contribution in [0.4, 0.5) is 5.82 Å². The number of methoxy groups -OCH3 is 2. The smallest absolute Gasteiger partial charge is 0.256 e. The Morgan fingerprint density at radius 2 is 1.36 bits per heavy atom. The van der Waals surface area contributed by atoms with Crippen molar-refractivity contribution in [2.75, 3.05) is 26.1 Å². The summed E-state index contributed by atoms with van der Waals surface area (Å²) in [7, 11) is 3.22. The average molecular weight is 674 g/mol. The zero-order chi connectivity index (χ0) is 34.7. The molecule has 12 heteroatoms. The molecule has 0 radical (unpaired) electrons. The van der Waals surface area contributed by atoms with Crippen molar-refractivity contribution in [2.24, 2.45) is 0 Å². The molecule has 4 atom stereocenters. The number of amides is 1. The third-order valence-electron chi connectivity index (χ3n) is 8.88. The summed E-state index contributed by atoms with van der Waals surface area (Å²) < 4.78 is 25.6. The number of aliphatic hydroxyl groups excluding tert-OH is 2. The molecular weight excluding hydrogens is 638 g/mol. The number of fused-ring (bicyclic) bond motifs is 1. The van der Waals surface area contributed by atoms with Crippen molar-refractivity contribution < 1.29 is 34.0 Å². The van der Waals surface area contributed by atoms with Crippen LogP contribution in [0.2, 0.25) is 0 Å². The van der Waals surface area contributed by atoms with Crippen molar-refractivity contribution in [3.63, 3.8) is 0 Å². The largest absolute Gasteiger partial charge is 0.497 e. The first-order valence-electron chi connectivity index (χ1n) is 16.0. The lowest BCUT2D eigenvalue weighted by molar-refractivity contribution is -0.0942. The Kier molecular flexibility index (Phi) is 9.24. The highest BCUT2D eigenvalue weighted by atomic mass is 16.6. The van der Waals surface area contributed by atoms with Crippen LogP contribution in [0.15, 0.2) is 122 Å². The standard InChI is InChI=1S/C38H35N5O7/c1-47-28-17-13-26(14-18-28)38(25-11-7-4-8-12-25,27-15-19-29(48-2)20-16-27)49-21-30-32(44)33(45)37(50-30)43-23-41-31-34(39-22-40-35(31)43)42-36(46)24-9-5-3-6-10-24/h3-20,22-23,30,32-33,37,44-45H,21H2,1-2H3,(H,39,40,42,46)/t30?,32?,33-,37?/m1/s1. The summed E-state index contributed by atoms with van der Waals surface area (Å²) in [4.78, 5) is 25.9. The predicted molar refractivity (Wildman–Crippen MR) is 184 cm³/mol. The molecule has 3 unspecified atom stereocenters. The number of carbonyl (C=O) groups excluding carboxylic acids is 1. The van der Waals surface area contributed by atoms with Crippen molar-refractivity contribution in [1.82, 2.24) is 19.5 Å². The number of carbonyl (C=O) groups is 1. The van der Waals surface area contributed by atoms with Gasteiger partial charge in [0.1, 0.15) is 41.7 Å². The average Bonchev–Trinajstić information content (AvgIpc) is 3.73. The van der Waals surface area contributed by atoms with E-state index in [4.69, 9.17) is 18.9 Å². The van der Waals surface area contributed by atoms with Gasteiger partial charge in [0.15, 0.2) is 23.2 Å². The minimum absolute atomic E-state index is 0.109. The van der Waals surface area contributed by atoms with Gasteiger partial charge in [0.2, 0.25) is 0 Å². The van der Waals surface area contributed by atoms with Gasteiger partial charge in [-0.05, 0) is 53.1 Å². The fraction of sp³-hybridized carbons (Fsp3) is 0.211. The molecule has 1 aliphatic rings. The Balaban J connectivity index is 1.20. The van der Waals surface area contributed by atoms with Gasteiger partial charge < -0.3 is 34.5 Å². The molecule has 6 aromatic rings. The Bertz CT molecular complexity index is 2010. The van der Waals surface area contributed by atoms with Gasteiger partial charge >= 0.3 is 0 Å². The Hall–Kier alpha value is -5.66. The molecule has 12 nitrogen and oxygen atoms in total. The Labute approximate surface area is 287 Å². The molecule has 4 aromatic carbocycles. The molecule has 2 aromatic heterocycles. The first-order valence-corrected chi connectivity index (χ1v) is 16.0. The number of aliphatic hydroxyl groups is 2. The van der Waals surface area contributed by atoms with E-state index in [2.05, 4.69) is 20.3 Å². The summed E-state index contributed by atoms with van der Waals surface area (Å²) in [5.74, 6) is 1.21. The fourth-order valence-corrected chi connectivity index (χ4v) is 6.28. The first kappa shape index (κ1) is 32.9. The van der Waals surface area contributed by atoms with E-state index in [0.717, 1.165) is 16.7 Å². The lowest BCUT2D eigenvalue weighted by Gasteiger charge is -2.37. The molecule has 254 valence electrons. The molecule has 0 saturated carbocycles. The normalized spacial score (nSPS) is 19.0. The topological polar surface area (TPSA) is 150 Å². The molecule has 0 spiro atoms. The highest BCUT2D eigenvalue weighted by molar-refractivity contribution is 6.06. The van der Waals surface area contributed by atoms with Crippen LogP contribution in [0.1, 0.15) is 33.3 Å². The molecule has 0 bridgehead atoms. The third kappa shape index (κ3) is 6.05. The van der Waals surface area contributed by atoms with E-state index in [1.54, 1.807) is 38.5 Å². The predicted octanol–water partition coefficient (Wildman–Crippen LogP) is 4.72. The van der Waals surface area contributed by atoms with Gasteiger partial charge in [0.25, 0.3) is 5.91 Å². The molecule has 50 heavy (non-hydrogen) atoms. The number of rotatable bonds is 11. The lowest BCUT2D eigenvalue weighted by Crippen LogP contribution is -2.39. The van der Waals surface area contributed by atoms with Crippen molar-refractivity contribution in [2.45, 2.75) is 30.1 Å². The summed E-state index contributed by atoms with van der Waals surface area (Å²) in [6.45, 7) is -0.109. The van der Waals surface area contributed by atoms with E-state index in [1.807, 2.05) is 84.9 Å². The van der Waals surface area contributed by atoms with Crippen LogP contribution in [0.5, 0.6) is 11.5 Å². The van der Waals surface area contributed by atoms with E-state index in [-0.39, 0.29) is 18.3 Å². The minimum Gasteiger partial charge on any atom is -0.497 e. The molecule has 1 saturated heterocycles. The number of ether oxygens (including phenoxy) is 4. The van der Waals surface area contributed by atoms with Crippen molar-refractivity contribution >= 4 is 22.9 Å². The van der Waals surface area contributed by atoms with Gasteiger partial charge in [-0.2, -0.15) is 0 Å². The van der Waals surface area contributed by atoms with E-state index in [9.17, 15) is 15.0 Å². The van der Waals surface area contributed by atoms with Gasteiger partial charge in [0.05, 0.1) is 27.2 Å². The maximum Gasteiger partial charge on any atom is 0.256 e. The van der Waals surface area contributed by atoms with Gasteiger partial charge in [-0.15, -0.1) is 0 Å². The number of hydrogen-bond acceptors (Lipinski definition) is 10. The van der Waals surface area contributed by atoms with Gasteiger partial charge in [-0.25, -0.2) is 15.0 Å². The molecule has 1 fully saturated rings. The van der Waals surface area contributed by atoms with Gasteiger partial charge in [0, 0.05) is 5.56 Å². The second kappa shape index (κ2) is 14.1. The van der Waals surface area contributed by atoms with Crippen LogP contribution >= 0.6 is 0 Å². The SMILES string of the molecule is COc1ccc(C(OCC2OC(n3cnc4c(NC(=O)c5ccccc5)ncnc43)[C@H](O)C2O)(c2ccccc2)c2ccc(OC)cc2)cc1. The molecule has 0 aliphatic carbocycles. The third-order valence-corrected chi connectivity index (χ3v) is 8.88. The molecular formula is C38H35N5O7. The summed E-state index contributed by atoms with van der Waals surface area (Å²) in [6.07, 6.45) is -1.97. The highest BCUT2D eigenvalue weighted by Crippen LogP contribution is 2.43. The molecule has 1 aliphatic heterocycles. The highest BCUT2D eigenvalue weighted by Gasteiger charge is 2.47. The van der Waals surface area contributed by atoms with E-state index in [0.29, 0.717) is 28.2 Å². The number of aromatic nitrogens is 4. The Morgan fingerprint density at radius 1 is 0.780 bits per heavy atom. The number of hydrogen-bond donors (Lipinski definition) is 3. The van der Waals surface area contributed by atoms with E-state index >= 15 is 0 Å². The van der Waals surface area contributed by atoms with Crippen LogP contribution < -0.4 is 14.8 Å². The molecule has 7 rings (SSSR count). The minimum atomic E-state index is -1.36. The number of nitrogens with zero attached hydrogens (tertiary/aromatic N) is 4. The van der Waals surface area contributed by atoms with Crippen LogP contribution in [0, 0.1) is 0 Å². The maximum absolute atomic E-state index is 12.9. The lowest BCUT2D eigenvalue weighted by atomic mass is 9.80. The molecule has 3 N–H and O–H groups in total. The van der Waals surface area contributed by atoms with Crippen LogP contribution in [0.3, 0.4) is 0 Å². The zero-order valence-corrected chi connectivity index (χ0v) is 27.3. The second-order valence-corrected chi connectivity index (χ2v) is 11.7. The van der Waals surface area contributed by atoms with Crippen LogP contribution in [-0.2, 0) is 15.1 Å². The zero-order valence-electron chi connectivity index (χ0n) is 27.3. The fourth-order valence-electron chi connectivity index (χ4n) is 6.28. The second-order valence-electron chi connectivity index (χ2n) is 11.7. The van der Waals surface area contributed by atoms with Crippen LogP contribution in [0.25, 0.3) is 11.2 Å². The van der Waals surface area contributed by atoms with Gasteiger partial charge in [-0.1, -0.05) is 72.8 Å². The van der Waals surface area contributed by atoms with Crippen LogP contribution in [-0.4, -0.2) is 74.8 Å². The maximum atomic E-state index is 12.9. The number of benzene rings is 4. The van der Waals surface area contributed by atoms with Crippen molar-refractivity contribution in [3.05, 3.63) is 144 Å². The quantitative estimate of drug-likeness (QED) is 0.165. The molecule has 1 amide bonds. The summed E-state index contributed by atoms with van der Waals surface area (Å²) >= 11 is 0. The summed E-state index contributed by atoms with van der Waals surface area (Å²) in [5.41, 5.74) is 2.34. The van der Waals surface area contributed by atoms with E-state index < -0.39 is 30.1 Å². The Morgan fingerprint density at radius 3 is 1.96 bits per heavy atom. The summed E-state index contributed by atoms with van der Waals surface area (Å²) in [5, 5.41) is 25.4. The van der Waals surface area contributed by atoms with Gasteiger partial charge in [-0.3, -0.25) is 9.36 Å². The van der Waals surface area contributed by atoms with Crippen molar-refractivity contribution in [3.8, 4) is 11.5 Å². The first-order chi connectivity index (χ1) is 24.4. The summed E-state index contributed by atoms with van der Waals surface area (Å²) in [6, 6.07) is 33.7. The number of imidazole rings is 1. The molecule has 3 heterocycles. The van der Waals surface area contributed by atoms with E-state index in [1.165, 1.54) is 17.2 Å². The van der Waals surface area contributed by atoms with Crippen molar-refractivity contribution in [1.29, 1.82) is 0 Å². The number of anilines is 1. The monoisotopic (exact) mass is 673 g/mol. The number of nitrogens with one attached hydrogen (secondary N) is 1.